The Morgan fingerprint density at radius 1 is 0.944 bits per heavy atom. The summed E-state index contributed by atoms with van der Waals surface area (Å²) in [5.74, 6) is 0.0372. The molecule has 0 bridgehead atoms. The van der Waals surface area contributed by atoms with Crippen molar-refractivity contribution in [2.24, 2.45) is 0 Å². The van der Waals surface area contributed by atoms with Gasteiger partial charge in [-0.1, -0.05) is 82.7 Å². The first-order valence-corrected chi connectivity index (χ1v) is 13.6. The Bertz CT molecular complexity index is 1090. The number of aryl methyl sites for hydroxylation is 2. The Labute approximate surface area is 217 Å². The number of hydrogen-bond donors (Lipinski definition) is 0. The van der Waals surface area contributed by atoms with Gasteiger partial charge >= 0.3 is 0 Å². The van der Waals surface area contributed by atoms with E-state index < -0.39 is 0 Å². The maximum absolute atomic E-state index is 10.8. The predicted molar refractivity (Wildman–Crippen MR) is 149 cm³/mol. The number of benzene rings is 2. The van der Waals surface area contributed by atoms with E-state index in [0.717, 1.165) is 49.8 Å². The van der Waals surface area contributed by atoms with Gasteiger partial charge in [0.2, 0.25) is 5.76 Å². The van der Waals surface area contributed by atoms with Crippen molar-refractivity contribution in [3.63, 3.8) is 0 Å². The highest BCUT2D eigenvalue weighted by Crippen LogP contribution is 2.37. The highest BCUT2D eigenvalue weighted by Gasteiger charge is 2.20. The quantitative estimate of drug-likeness (QED) is 0.0887. The minimum Gasteiger partial charge on any atom is -0.417 e. The molecule has 0 radical (unpaired) electrons. The lowest BCUT2D eigenvalue weighted by Crippen LogP contribution is -2.19. The molecule has 2 aromatic carbocycles. The fourth-order valence-electron chi connectivity index (χ4n) is 4.95. The first-order valence-electron chi connectivity index (χ1n) is 13.6. The van der Waals surface area contributed by atoms with E-state index in [-0.39, 0.29) is 5.76 Å². The number of ether oxygens (including phenoxy) is 1. The molecule has 1 aliphatic rings. The number of anilines is 2. The maximum Gasteiger partial charge on any atom is 0.299 e. The molecule has 1 heterocycles. The van der Waals surface area contributed by atoms with Crippen molar-refractivity contribution in [3.05, 3.63) is 76.6 Å². The zero-order valence-corrected chi connectivity index (χ0v) is 22.0. The van der Waals surface area contributed by atoms with Crippen LogP contribution in [-0.2, 0) is 22.4 Å². The maximum atomic E-state index is 10.8. The number of para-hydroxylation sites is 1. The number of unbranched alkanes of at least 4 members (excludes halogenated alkanes) is 6. The zero-order valence-electron chi connectivity index (χ0n) is 22.0. The molecule has 4 nitrogen and oxygen atoms in total. The highest BCUT2D eigenvalue weighted by molar-refractivity contribution is 5.73. The summed E-state index contributed by atoms with van der Waals surface area (Å²) in [6.07, 6.45) is 16.2. The molecule has 0 fully saturated rings. The van der Waals surface area contributed by atoms with Gasteiger partial charge in [-0.25, -0.2) is 0 Å². The van der Waals surface area contributed by atoms with Gasteiger partial charge in [0.05, 0.1) is 0 Å². The summed E-state index contributed by atoms with van der Waals surface area (Å²) >= 11 is 0. The van der Waals surface area contributed by atoms with Gasteiger partial charge in [-0.2, -0.15) is 5.26 Å². The lowest BCUT2D eigenvalue weighted by molar-refractivity contribution is -0.124. The second-order valence-electron chi connectivity index (χ2n) is 9.59. The van der Waals surface area contributed by atoms with Crippen LogP contribution in [0.1, 0.15) is 88.3 Å². The molecule has 0 aromatic heterocycles. The SMILES string of the molecule is CCCCCCC(/C=C(/C#N)OC=O)=C\c1ccc2c(c1)CCc1ccccc1N2CCCCCC. The second-order valence-corrected chi connectivity index (χ2v) is 9.59. The number of nitriles is 1. The Kier molecular flexibility index (Phi) is 11.3. The van der Waals surface area contributed by atoms with Gasteiger partial charge in [-0.05, 0) is 78.6 Å². The molecular formula is C32H40N2O2. The molecule has 3 rings (SSSR count). The van der Waals surface area contributed by atoms with Crippen molar-refractivity contribution in [1.82, 2.24) is 0 Å². The Morgan fingerprint density at radius 2 is 1.67 bits per heavy atom. The molecule has 0 atom stereocenters. The third kappa shape index (κ3) is 7.85. The van der Waals surface area contributed by atoms with Crippen molar-refractivity contribution < 1.29 is 9.53 Å². The number of allylic oxidation sites excluding steroid dienone is 3. The summed E-state index contributed by atoms with van der Waals surface area (Å²) in [5.41, 5.74) is 7.53. The first kappa shape index (κ1) is 27.3. The van der Waals surface area contributed by atoms with E-state index >= 15 is 0 Å². The molecule has 0 saturated carbocycles. The smallest absolute Gasteiger partial charge is 0.299 e. The van der Waals surface area contributed by atoms with Crippen molar-refractivity contribution in [3.8, 4) is 6.07 Å². The number of carbonyl (C=O) groups excluding carboxylic acids is 1. The normalized spacial score (nSPS) is 13.4. The molecule has 0 spiro atoms. The van der Waals surface area contributed by atoms with E-state index in [1.165, 1.54) is 61.0 Å². The fourth-order valence-corrected chi connectivity index (χ4v) is 4.95. The third-order valence-electron chi connectivity index (χ3n) is 6.85. The third-order valence-corrected chi connectivity index (χ3v) is 6.85. The van der Waals surface area contributed by atoms with E-state index in [9.17, 15) is 10.1 Å². The van der Waals surface area contributed by atoms with E-state index in [1.54, 1.807) is 6.08 Å². The van der Waals surface area contributed by atoms with Gasteiger partial charge in [0.15, 0.2) is 0 Å². The van der Waals surface area contributed by atoms with Gasteiger partial charge < -0.3 is 9.64 Å². The Morgan fingerprint density at radius 3 is 2.42 bits per heavy atom. The van der Waals surface area contributed by atoms with Crippen LogP contribution in [0.3, 0.4) is 0 Å². The summed E-state index contributed by atoms with van der Waals surface area (Å²) in [6, 6.07) is 17.5. The highest BCUT2D eigenvalue weighted by atomic mass is 16.5. The van der Waals surface area contributed by atoms with Gasteiger partial charge in [-0.3, -0.25) is 4.79 Å². The monoisotopic (exact) mass is 484 g/mol. The lowest BCUT2D eigenvalue weighted by Gasteiger charge is -2.27. The molecule has 2 aromatic rings. The molecule has 36 heavy (non-hydrogen) atoms. The van der Waals surface area contributed by atoms with Crippen molar-refractivity contribution in [2.75, 3.05) is 11.4 Å². The van der Waals surface area contributed by atoms with Crippen LogP contribution < -0.4 is 4.90 Å². The molecule has 4 heteroatoms. The molecule has 0 N–H and O–H groups in total. The molecule has 1 aliphatic heterocycles. The molecule has 0 unspecified atom stereocenters. The van der Waals surface area contributed by atoms with Gasteiger partial charge in [0.1, 0.15) is 6.07 Å². The summed E-state index contributed by atoms with van der Waals surface area (Å²) < 4.78 is 4.87. The zero-order chi connectivity index (χ0) is 25.6. The number of nitrogens with zero attached hydrogens (tertiary/aromatic N) is 2. The molecule has 0 saturated heterocycles. The van der Waals surface area contributed by atoms with E-state index in [1.807, 2.05) is 6.07 Å². The Hall–Kier alpha value is -3.32. The molecule has 190 valence electrons. The van der Waals surface area contributed by atoms with Gasteiger partial charge in [-0.15, -0.1) is 0 Å². The fraction of sp³-hybridized carbons (Fsp3) is 0.438. The van der Waals surface area contributed by atoms with Crippen LogP contribution in [0.15, 0.2) is 59.9 Å². The topological polar surface area (TPSA) is 53.3 Å². The predicted octanol–water partition coefficient (Wildman–Crippen LogP) is 8.44. The van der Waals surface area contributed by atoms with Crippen molar-refractivity contribution in [2.45, 2.75) is 84.5 Å². The van der Waals surface area contributed by atoms with Gasteiger partial charge in [0, 0.05) is 17.9 Å². The lowest BCUT2D eigenvalue weighted by atomic mass is 9.99. The van der Waals surface area contributed by atoms with Gasteiger partial charge in [0.25, 0.3) is 6.47 Å². The molecule has 0 amide bonds. The average Bonchev–Trinajstić information content (AvgIpc) is 3.05. The number of hydrogen-bond acceptors (Lipinski definition) is 4. The number of fused-ring (bicyclic) bond motifs is 2. The second kappa shape index (κ2) is 14.9. The van der Waals surface area contributed by atoms with Crippen LogP contribution in [0.2, 0.25) is 0 Å². The van der Waals surface area contributed by atoms with E-state index in [2.05, 4.69) is 67.3 Å². The van der Waals surface area contributed by atoms with E-state index in [0.29, 0.717) is 6.47 Å². The number of rotatable bonds is 14. The van der Waals surface area contributed by atoms with Crippen LogP contribution in [0.4, 0.5) is 11.4 Å². The van der Waals surface area contributed by atoms with E-state index in [4.69, 9.17) is 4.74 Å². The molecule has 0 aliphatic carbocycles. The van der Waals surface area contributed by atoms with Crippen LogP contribution in [0, 0.1) is 11.3 Å². The minimum absolute atomic E-state index is 0.0372. The number of carbonyl (C=O) groups is 1. The largest absolute Gasteiger partial charge is 0.417 e. The first-order chi connectivity index (χ1) is 17.7. The average molecular weight is 485 g/mol. The summed E-state index contributed by atoms with van der Waals surface area (Å²) in [7, 11) is 0. The minimum atomic E-state index is 0.0372. The summed E-state index contributed by atoms with van der Waals surface area (Å²) in [6.45, 7) is 5.80. The summed E-state index contributed by atoms with van der Waals surface area (Å²) in [4.78, 5) is 13.3. The standard InChI is InChI=1S/C32H40N2O2/c1-3-5-7-9-13-26(23-30(24-33)36-25-35)21-27-16-19-32-29(22-27)18-17-28-14-10-11-15-31(28)34(32)20-12-8-6-4-2/h10-11,14-16,19,21-23,25H,3-9,12-13,17-18,20H2,1-2H3/b26-21+,30-23-. The molecular weight excluding hydrogens is 444 g/mol. The van der Waals surface area contributed by atoms with Crippen molar-refractivity contribution >= 4 is 23.9 Å². The van der Waals surface area contributed by atoms with Crippen LogP contribution in [-0.4, -0.2) is 13.0 Å². The van der Waals surface area contributed by atoms with Crippen LogP contribution in [0.25, 0.3) is 6.08 Å². The van der Waals surface area contributed by atoms with Crippen LogP contribution in [0.5, 0.6) is 0 Å². The summed E-state index contributed by atoms with van der Waals surface area (Å²) in [5, 5.41) is 9.36. The van der Waals surface area contributed by atoms with Crippen molar-refractivity contribution in [1.29, 1.82) is 5.26 Å². The van der Waals surface area contributed by atoms with Crippen LogP contribution >= 0.6 is 0 Å². The Balaban J connectivity index is 1.92.